The van der Waals surface area contributed by atoms with Gasteiger partial charge in [-0.05, 0) is 6.26 Å². The Bertz CT molecular complexity index is 54.2. The van der Waals surface area contributed by atoms with E-state index >= 15 is 0 Å². The van der Waals surface area contributed by atoms with Crippen molar-refractivity contribution in [3.05, 3.63) is 0 Å². The zero-order chi connectivity index (χ0) is 3.58. The molecule has 1 nitrogen and oxygen atoms in total. The first-order chi connectivity index (χ1) is 1.73. The van der Waals surface area contributed by atoms with Gasteiger partial charge >= 0.3 is 0 Å². The third-order valence-corrected chi connectivity index (χ3v) is 0. The molecule has 2 atom stereocenters. The maximum atomic E-state index is 8.08. The normalized spacial score (nSPS) is 15.2. The first-order valence-electron chi connectivity index (χ1n) is 0.905. The minimum atomic E-state index is -0.704. The zero-order valence-electron chi connectivity index (χ0n) is 2.47. The first kappa shape index (κ1) is 4.49. The maximum absolute atomic E-state index is 8.08. The summed E-state index contributed by atoms with van der Waals surface area (Å²) < 4.78 is 8.08. The molecule has 0 aromatic heterocycles. The molecule has 0 aliphatic heterocycles. The van der Waals surface area contributed by atoms with Crippen LogP contribution in [-0.2, 0) is 0 Å². The Morgan fingerprint density at radius 3 is 2.00 bits per heavy atom. The Kier molecular flexibility index (Phi) is 1.99. The summed E-state index contributed by atoms with van der Waals surface area (Å²) in [5.41, 5.74) is 0. The van der Waals surface area contributed by atoms with Gasteiger partial charge in [-0.3, -0.25) is 0 Å². The van der Waals surface area contributed by atoms with E-state index in [0.717, 1.165) is 0 Å². The van der Waals surface area contributed by atoms with Crippen LogP contribution in [0.1, 0.15) is 0 Å². The molecule has 0 aromatic carbocycles. The highest BCUT2D eigenvalue weighted by molar-refractivity contribution is 8.46. The number of rotatable bonds is 0. The maximum Gasteiger partial charge on any atom is -0.00324 e. The Hall–Kier alpha value is 0.490. The van der Waals surface area contributed by atoms with Crippen molar-refractivity contribution < 1.29 is 0 Å². The Balaban J connectivity index is 3.02. The summed E-state index contributed by atoms with van der Waals surface area (Å²) in [6.07, 6.45) is 1.75. The van der Waals surface area contributed by atoms with Gasteiger partial charge in [-0.25, -0.2) is 4.61 Å². The molecule has 0 saturated carbocycles. The van der Waals surface area contributed by atoms with Gasteiger partial charge in [0.25, 0.3) is 0 Å². The van der Waals surface area contributed by atoms with Gasteiger partial charge in [0.05, 0.1) is 0 Å². The molecule has 0 aromatic rings. The van der Waals surface area contributed by atoms with E-state index in [2.05, 4.69) is 8.44 Å². The smallest absolute Gasteiger partial charge is 0.00324 e. The van der Waals surface area contributed by atoms with E-state index in [4.69, 9.17) is 4.61 Å². The Morgan fingerprint density at radius 1 is 2.00 bits per heavy atom. The monoisotopic (exact) mass is 95.0 g/mol. The molecule has 3 heteroatoms. The zero-order valence-corrected chi connectivity index (χ0v) is 4.52. The van der Waals surface area contributed by atoms with Gasteiger partial charge in [-0.2, -0.15) is 0 Å². The molecule has 0 amide bonds. The van der Waals surface area contributed by atoms with Gasteiger partial charge in [-0.15, -0.1) is 0 Å². The summed E-state index contributed by atoms with van der Waals surface area (Å²) in [7, 11) is 1.57. The van der Waals surface area contributed by atoms with Gasteiger partial charge < -0.3 is 0 Å². The van der Waals surface area contributed by atoms with Crippen molar-refractivity contribution in [1.29, 1.82) is 4.61 Å². The van der Waals surface area contributed by atoms with Crippen molar-refractivity contribution in [2.45, 2.75) is 0 Å². The fourth-order valence-electron chi connectivity index (χ4n) is 0. The third kappa shape index (κ3) is 23.0. The van der Waals surface area contributed by atoms with E-state index in [1.54, 1.807) is 6.26 Å². The molecular weight excluding hydrogens is 89.1 g/mol. The summed E-state index contributed by atoms with van der Waals surface area (Å²) in [6.45, 7) is 0. The molecule has 0 fully saturated rings. The van der Waals surface area contributed by atoms with Gasteiger partial charge in [0.15, 0.2) is 0 Å². The summed E-state index contributed by atoms with van der Waals surface area (Å²) in [6, 6.07) is 0. The van der Waals surface area contributed by atoms with Crippen LogP contribution in [0.5, 0.6) is 0 Å². The van der Waals surface area contributed by atoms with Gasteiger partial charge in [0, 0.05) is 0 Å². The lowest BCUT2D eigenvalue weighted by molar-refractivity contribution is 1.66. The molecule has 0 aliphatic carbocycles. The Labute approximate surface area is 30.3 Å². The van der Waals surface area contributed by atoms with Crippen molar-refractivity contribution >= 4 is 18.6 Å². The molecule has 0 saturated heterocycles. The van der Waals surface area contributed by atoms with E-state index in [-0.39, 0.29) is 0 Å². The average molecular weight is 95.1 g/mol. The van der Waals surface area contributed by atoms with Crippen LogP contribution in [0.4, 0.5) is 0 Å². The van der Waals surface area contributed by atoms with Crippen LogP contribution in [0.25, 0.3) is 0 Å². The molecule has 0 spiro atoms. The molecule has 4 heavy (non-hydrogen) atoms. The lowest BCUT2D eigenvalue weighted by Gasteiger charge is -1.59. The number of nitrogens with zero attached hydrogens (tertiary/aromatic N) is 1. The van der Waals surface area contributed by atoms with E-state index in [0.29, 0.717) is 0 Å². The van der Waals surface area contributed by atoms with Crippen LogP contribution in [0, 0.1) is 4.61 Å². The standard InChI is InChI=1S/CH6NPS/c1-4(2)3/h4H,3H2,1H3. The largest absolute Gasteiger partial charge is 0.230 e. The van der Waals surface area contributed by atoms with Crippen molar-refractivity contribution in [3.63, 3.8) is 0 Å². The number of hydrogen-bond acceptors (Lipinski definition) is 1. The van der Waals surface area contributed by atoms with Crippen LogP contribution in [0.2, 0.25) is 0 Å². The summed E-state index contributed by atoms with van der Waals surface area (Å²) in [4.78, 5) is 0. The van der Waals surface area contributed by atoms with Gasteiger partial charge in [0.2, 0.25) is 0 Å². The Morgan fingerprint density at radius 2 is 2.00 bits per heavy atom. The molecule has 26 valence electrons. The van der Waals surface area contributed by atoms with E-state index in [9.17, 15) is 0 Å². The highest BCUT2D eigenvalue weighted by atomic mass is 32.7. The molecule has 2 unspecified atom stereocenters. The minimum Gasteiger partial charge on any atom is -0.230 e. The predicted molar refractivity (Wildman–Crippen MR) is 26.3 cm³/mol. The molecule has 0 rings (SSSR count). The van der Waals surface area contributed by atoms with E-state index in [1.165, 1.54) is 0 Å². The second kappa shape index (κ2) is 1.78. The SMILES string of the molecule is C[SH](#N)P. The quantitative estimate of drug-likeness (QED) is 0.350. The van der Waals surface area contributed by atoms with Crippen LogP contribution in [0.15, 0.2) is 0 Å². The summed E-state index contributed by atoms with van der Waals surface area (Å²) >= 11 is 0. The fraction of sp³-hybridized carbons (Fsp3) is 1.00. The topological polar surface area (TPSA) is 23.8 Å². The van der Waals surface area contributed by atoms with Crippen molar-refractivity contribution in [2.75, 3.05) is 6.26 Å². The summed E-state index contributed by atoms with van der Waals surface area (Å²) in [5.74, 6) is 0. The van der Waals surface area contributed by atoms with Crippen molar-refractivity contribution in [1.82, 2.24) is 0 Å². The van der Waals surface area contributed by atoms with Crippen molar-refractivity contribution in [3.8, 4) is 0 Å². The van der Waals surface area contributed by atoms with E-state index < -0.39 is 10.1 Å². The fourth-order valence-corrected chi connectivity index (χ4v) is 0. The first-order valence-corrected chi connectivity index (χ1v) is 4.27. The molecule has 0 bridgehead atoms. The number of thiol groups is 1. The van der Waals surface area contributed by atoms with E-state index in [1.807, 2.05) is 0 Å². The van der Waals surface area contributed by atoms with Crippen LogP contribution < -0.4 is 0 Å². The minimum absolute atomic E-state index is 0.704. The van der Waals surface area contributed by atoms with Crippen molar-refractivity contribution in [2.24, 2.45) is 0 Å². The number of hydrogen-bond donors (Lipinski definition) is 1. The third-order valence-electron chi connectivity index (χ3n) is 0. The molecule has 0 N–H and O–H groups in total. The second-order valence-electron chi connectivity index (χ2n) is 0.574. The predicted octanol–water partition coefficient (Wildman–Crippen LogP) is 0.887. The average Bonchev–Trinajstić information content (AvgIpc) is 0.811. The highest BCUT2D eigenvalue weighted by Gasteiger charge is 1.47. The molecule has 0 aliphatic rings. The van der Waals surface area contributed by atoms with Crippen LogP contribution in [0.3, 0.4) is 0 Å². The van der Waals surface area contributed by atoms with Crippen LogP contribution in [-0.4, -0.2) is 6.26 Å². The van der Waals surface area contributed by atoms with Gasteiger partial charge in [0.1, 0.15) is 0 Å². The summed E-state index contributed by atoms with van der Waals surface area (Å²) in [5, 5.41) is 0. The molecular formula is CH6NPS. The second-order valence-corrected chi connectivity index (χ2v) is 3.96. The molecule has 0 radical (unpaired) electrons. The lowest BCUT2D eigenvalue weighted by Crippen LogP contribution is -1.17. The lowest BCUT2D eigenvalue weighted by atomic mass is 12.0. The molecule has 0 heterocycles. The van der Waals surface area contributed by atoms with Crippen LogP contribution >= 0.6 is 18.6 Å². The van der Waals surface area contributed by atoms with Gasteiger partial charge in [-0.1, -0.05) is 18.6 Å². The highest BCUT2D eigenvalue weighted by Crippen LogP contribution is 2.07.